The van der Waals surface area contributed by atoms with Crippen molar-refractivity contribution >= 4 is 23.3 Å². The van der Waals surface area contributed by atoms with Gasteiger partial charge in [-0.25, -0.2) is 4.39 Å². The minimum atomic E-state index is -0.243. The predicted molar refractivity (Wildman–Crippen MR) is 83.4 cm³/mol. The number of rotatable bonds is 3. The highest BCUT2D eigenvalue weighted by Crippen LogP contribution is 2.32. The maximum atomic E-state index is 13.0. The summed E-state index contributed by atoms with van der Waals surface area (Å²) in [4.78, 5) is 15.3. The molecule has 2 heterocycles. The fraction of sp³-hybridized carbons (Fsp3) is 0.235. The van der Waals surface area contributed by atoms with Crippen LogP contribution in [0.1, 0.15) is 29.3 Å². The van der Waals surface area contributed by atoms with Crippen molar-refractivity contribution in [3.63, 3.8) is 0 Å². The molecule has 1 aliphatic rings. The Morgan fingerprint density at radius 2 is 2.10 bits per heavy atom. The second-order valence-corrected chi connectivity index (χ2v) is 6.07. The molecular weight excluding hydrogens is 285 g/mol. The van der Waals surface area contributed by atoms with Crippen LogP contribution >= 0.6 is 11.3 Å². The first-order chi connectivity index (χ1) is 10.2. The third-order valence-corrected chi connectivity index (χ3v) is 4.56. The van der Waals surface area contributed by atoms with Crippen molar-refractivity contribution in [2.75, 3.05) is 6.54 Å². The maximum absolute atomic E-state index is 13.0. The van der Waals surface area contributed by atoms with Crippen LogP contribution in [0.15, 0.2) is 47.9 Å². The normalized spacial score (nSPS) is 18.5. The molecule has 1 amide bonds. The zero-order valence-corrected chi connectivity index (χ0v) is 12.4. The Bertz CT molecular complexity index is 633. The number of nitrogens with zero attached hydrogens (tertiary/aromatic N) is 1. The van der Waals surface area contributed by atoms with Gasteiger partial charge in [-0.1, -0.05) is 18.2 Å². The summed E-state index contributed by atoms with van der Waals surface area (Å²) in [5, 5.41) is 1.99. The van der Waals surface area contributed by atoms with E-state index in [0.29, 0.717) is 0 Å². The number of benzene rings is 1. The number of likely N-dealkylation sites (tertiary alicyclic amines) is 1. The molecular formula is C17H16FNOS. The minimum Gasteiger partial charge on any atom is -0.332 e. The van der Waals surface area contributed by atoms with Gasteiger partial charge in [-0.15, -0.1) is 11.3 Å². The highest BCUT2D eigenvalue weighted by atomic mass is 32.1. The van der Waals surface area contributed by atoms with E-state index >= 15 is 0 Å². The van der Waals surface area contributed by atoms with E-state index in [1.54, 1.807) is 29.5 Å². The fourth-order valence-corrected chi connectivity index (χ4v) is 3.32. The van der Waals surface area contributed by atoms with Crippen molar-refractivity contribution in [1.29, 1.82) is 0 Å². The van der Waals surface area contributed by atoms with Gasteiger partial charge in [0, 0.05) is 17.5 Å². The lowest BCUT2D eigenvalue weighted by atomic mass is 10.0. The molecule has 1 aliphatic heterocycles. The van der Waals surface area contributed by atoms with Crippen LogP contribution in [0.25, 0.3) is 6.08 Å². The van der Waals surface area contributed by atoms with Crippen molar-refractivity contribution < 1.29 is 9.18 Å². The third kappa shape index (κ3) is 3.22. The van der Waals surface area contributed by atoms with E-state index in [2.05, 4.69) is 0 Å². The highest BCUT2D eigenvalue weighted by molar-refractivity contribution is 7.10. The number of hydrogen-bond donors (Lipinski definition) is 0. The van der Waals surface area contributed by atoms with E-state index in [-0.39, 0.29) is 17.8 Å². The molecule has 0 spiro atoms. The Kier molecular flexibility index (Phi) is 4.15. The summed E-state index contributed by atoms with van der Waals surface area (Å²) in [5.74, 6) is -0.220. The molecule has 1 atom stereocenters. The van der Waals surface area contributed by atoms with Gasteiger partial charge in [0.25, 0.3) is 0 Å². The molecule has 1 fully saturated rings. The molecule has 1 saturated heterocycles. The van der Waals surface area contributed by atoms with E-state index in [0.717, 1.165) is 29.8 Å². The molecule has 0 aliphatic carbocycles. The molecule has 1 aromatic carbocycles. The summed E-state index contributed by atoms with van der Waals surface area (Å²) in [7, 11) is 0. The van der Waals surface area contributed by atoms with Crippen LogP contribution in [0.5, 0.6) is 0 Å². The molecule has 0 bridgehead atoms. The number of amides is 1. The first-order valence-electron chi connectivity index (χ1n) is 7.02. The van der Waals surface area contributed by atoms with E-state index < -0.39 is 0 Å². The predicted octanol–water partition coefficient (Wildman–Crippen LogP) is 4.26. The molecule has 3 rings (SSSR count). The number of carbonyl (C=O) groups is 1. The first-order valence-corrected chi connectivity index (χ1v) is 7.89. The monoisotopic (exact) mass is 301 g/mol. The molecule has 21 heavy (non-hydrogen) atoms. The number of halogens is 1. The largest absolute Gasteiger partial charge is 0.332 e. The second-order valence-electron chi connectivity index (χ2n) is 5.09. The second kappa shape index (κ2) is 6.22. The van der Waals surface area contributed by atoms with Crippen molar-refractivity contribution in [3.05, 3.63) is 64.1 Å². The zero-order chi connectivity index (χ0) is 14.7. The van der Waals surface area contributed by atoms with E-state index in [1.807, 2.05) is 28.5 Å². The Labute approximate surface area is 127 Å². The van der Waals surface area contributed by atoms with Crippen molar-refractivity contribution in [3.8, 4) is 0 Å². The van der Waals surface area contributed by atoms with Gasteiger partial charge in [0.2, 0.25) is 5.91 Å². The lowest BCUT2D eigenvalue weighted by Crippen LogP contribution is -2.28. The molecule has 1 aromatic heterocycles. The molecule has 0 N–H and O–H groups in total. The number of thiophene rings is 1. The van der Waals surface area contributed by atoms with Gasteiger partial charge in [0.05, 0.1) is 6.04 Å². The van der Waals surface area contributed by atoms with Gasteiger partial charge < -0.3 is 4.90 Å². The first kappa shape index (κ1) is 14.0. The standard InChI is InChI=1S/C17H16FNOS/c18-14-7-5-13(6-8-14)16-4-1-11-19(16)17(20)10-9-15-3-2-12-21-15/h2-3,5-10,12,16H,1,4,11H2/b10-9+. The third-order valence-electron chi connectivity index (χ3n) is 3.72. The van der Waals surface area contributed by atoms with E-state index in [9.17, 15) is 9.18 Å². The summed E-state index contributed by atoms with van der Waals surface area (Å²) in [5.41, 5.74) is 1.01. The van der Waals surface area contributed by atoms with Gasteiger partial charge in [-0.2, -0.15) is 0 Å². The minimum absolute atomic E-state index is 0.0234. The van der Waals surface area contributed by atoms with Crippen LogP contribution in [0, 0.1) is 5.82 Å². The van der Waals surface area contributed by atoms with Crippen LogP contribution in [0.3, 0.4) is 0 Å². The fourth-order valence-electron chi connectivity index (χ4n) is 2.70. The topological polar surface area (TPSA) is 20.3 Å². The Morgan fingerprint density at radius 1 is 1.29 bits per heavy atom. The van der Waals surface area contributed by atoms with Crippen LogP contribution in [-0.4, -0.2) is 17.4 Å². The van der Waals surface area contributed by atoms with Gasteiger partial charge in [-0.3, -0.25) is 4.79 Å². The molecule has 108 valence electrons. The smallest absolute Gasteiger partial charge is 0.247 e. The Morgan fingerprint density at radius 3 is 2.81 bits per heavy atom. The SMILES string of the molecule is O=C(/C=C/c1cccs1)N1CCCC1c1ccc(F)cc1. The van der Waals surface area contributed by atoms with Gasteiger partial charge >= 0.3 is 0 Å². The molecule has 4 heteroatoms. The average Bonchev–Trinajstić information content (AvgIpc) is 3.17. The Balaban J connectivity index is 1.74. The number of hydrogen-bond acceptors (Lipinski definition) is 2. The lowest BCUT2D eigenvalue weighted by molar-refractivity contribution is -0.126. The van der Waals surface area contributed by atoms with Crippen LogP contribution < -0.4 is 0 Å². The number of carbonyl (C=O) groups excluding carboxylic acids is 1. The van der Waals surface area contributed by atoms with Crippen molar-refractivity contribution in [2.24, 2.45) is 0 Å². The Hall–Kier alpha value is -1.94. The zero-order valence-electron chi connectivity index (χ0n) is 11.5. The quantitative estimate of drug-likeness (QED) is 0.776. The van der Waals surface area contributed by atoms with Crippen LogP contribution in [-0.2, 0) is 4.79 Å². The molecule has 2 aromatic rings. The molecule has 0 saturated carbocycles. The average molecular weight is 301 g/mol. The lowest BCUT2D eigenvalue weighted by Gasteiger charge is -2.23. The van der Waals surface area contributed by atoms with Crippen molar-refractivity contribution in [1.82, 2.24) is 4.90 Å². The van der Waals surface area contributed by atoms with Crippen LogP contribution in [0.2, 0.25) is 0 Å². The van der Waals surface area contributed by atoms with E-state index in [1.165, 1.54) is 12.1 Å². The van der Waals surface area contributed by atoms with Gasteiger partial charge in [-0.05, 0) is 48.1 Å². The molecule has 0 radical (unpaired) electrons. The summed E-state index contributed by atoms with van der Waals surface area (Å²) in [6, 6.07) is 10.5. The maximum Gasteiger partial charge on any atom is 0.247 e. The molecule has 1 unspecified atom stereocenters. The molecule has 2 nitrogen and oxygen atoms in total. The highest BCUT2D eigenvalue weighted by Gasteiger charge is 2.28. The summed E-state index contributed by atoms with van der Waals surface area (Å²) in [6.45, 7) is 0.760. The van der Waals surface area contributed by atoms with Gasteiger partial charge in [0.15, 0.2) is 0 Å². The summed E-state index contributed by atoms with van der Waals surface area (Å²) in [6.07, 6.45) is 5.41. The summed E-state index contributed by atoms with van der Waals surface area (Å²) < 4.78 is 13.0. The van der Waals surface area contributed by atoms with Crippen molar-refractivity contribution in [2.45, 2.75) is 18.9 Å². The van der Waals surface area contributed by atoms with Crippen LogP contribution in [0.4, 0.5) is 4.39 Å². The summed E-state index contributed by atoms with van der Waals surface area (Å²) >= 11 is 1.61. The van der Waals surface area contributed by atoms with E-state index in [4.69, 9.17) is 0 Å². The van der Waals surface area contributed by atoms with Gasteiger partial charge in [0.1, 0.15) is 5.82 Å².